The van der Waals surface area contributed by atoms with Gasteiger partial charge in [0.05, 0.1) is 10.6 Å². The van der Waals surface area contributed by atoms with Crippen LogP contribution in [0, 0.1) is 6.92 Å². The highest BCUT2D eigenvalue weighted by molar-refractivity contribution is 7.05. The largest absolute Gasteiger partial charge is 0.264 e. The lowest BCUT2D eigenvalue weighted by Gasteiger charge is -2.26. The van der Waals surface area contributed by atoms with Crippen LogP contribution in [0.4, 0.5) is 0 Å². The summed E-state index contributed by atoms with van der Waals surface area (Å²) >= 11 is 1.57. The Morgan fingerprint density at radius 2 is 1.56 bits per heavy atom. The van der Waals surface area contributed by atoms with E-state index in [1.54, 1.807) is 11.5 Å². The third kappa shape index (κ3) is 3.74. The van der Waals surface area contributed by atoms with Crippen LogP contribution in [0.3, 0.4) is 0 Å². The first-order valence-electron chi connectivity index (χ1n) is 11.8. The predicted octanol–water partition coefficient (Wildman–Crippen LogP) is 7.86. The maximum atomic E-state index is 4.24. The fourth-order valence-electron chi connectivity index (χ4n) is 5.27. The summed E-state index contributed by atoms with van der Waals surface area (Å²) in [5.74, 6) is 0.463. The second kappa shape index (κ2) is 8.96. The van der Waals surface area contributed by atoms with Gasteiger partial charge in [0.25, 0.3) is 0 Å². The molecule has 0 radical (unpaired) electrons. The normalized spacial score (nSPS) is 15.1. The van der Waals surface area contributed by atoms with Crippen LogP contribution in [-0.2, 0) is 6.42 Å². The number of fused-ring (bicyclic) bond motifs is 6. The number of hydrogen-bond donors (Lipinski definition) is 0. The first kappa shape index (κ1) is 20.9. The van der Waals surface area contributed by atoms with Crippen LogP contribution in [0.25, 0.3) is 32.3 Å². The maximum Gasteiger partial charge on any atom is 0.0762 e. The third-order valence-corrected chi connectivity index (χ3v) is 7.86. The number of nitrogens with zero attached hydrogens (tertiary/aromatic N) is 3. The van der Waals surface area contributed by atoms with Crippen LogP contribution in [0.2, 0.25) is 0 Å². The summed E-state index contributed by atoms with van der Waals surface area (Å²) in [4.78, 5) is 5.36. The summed E-state index contributed by atoms with van der Waals surface area (Å²) in [6.07, 6.45) is 7.29. The van der Waals surface area contributed by atoms with Gasteiger partial charge in [-0.25, -0.2) is 0 Å². The van der Waals surface area contributed by atoms with Gasteiger partial charge in [0.2, 0.25) is 0 Å². The molecular formula is C30H25N3S. The van der Waals surface area contributed by atoms with E-state index in [4.69, 9.17) is 0 Å². The fourth-order valence-corrected chi connectivity index (χ4v) is 6.06. The van der Waals surface area contributed by atoms with E-state index in [1.807, 2.05) is 30.6 Å². The number of pyridine rings is 1. The van der Waals surface area contributed by atoms with Crippen molar-refractivity contribution in [2.75, 3.05) is 0 Å². The molecule has 0 saturated carbocycles. The van der Waals surface area contributed by atoms with E-state index in [0.717, 1.165) is 5.69 Å². The maximum absolute atomic E-state index is 4.24. The molecule has 4 aromatic carbocycles. The average molecular weight is 460 g/mol. The van der Waals surface area contributed by atoms with Crippen molar-refractivity contribution in [3.05, 3.63) is 113 Å². The smallest absolute Gasteiger partial charge is 0.0762 e. The molecule has 0 saturated heterocycles. The molecule has 2 heterocycles. The van der Waals surface area contributed by atoms with Gasteiger partial charge in [0, 0.05) is 18.3 Å². The molecule has 1 unspecified atom stereocenters. The van der Waals surface area contributed by atoms with Crippen LogP contribution in [0.15, 0.2) is 91.3 Å². The summed E-state index contributed by atoms with van der Waals surface area (Å²) in [6, 6.07) is 28.1. The molecule has 34 heavy (non-hydrogen) atoms. The quantitative estimate of drug-likeness (QED) is 0.235. The Morgan fingerprint density at radius 3 is 2.38 bits per heavy atom. The highest BCUT2D eigenvalue weighted by Gasteiger charge is 2.26. The summed E-state index contributed by atoms with van der Waals surface area (Å²) in [6.45, 7) is 2.08. The molecular weight excluding hydrogens is 434 g/mol. The monoisotopic (exact) mass is 459 g/mol. The van der Waals surface area contributed by atoms with Crippen molar-refractivity contribution in [2.24, 2.45) is 0 Å². The number of aromatic nitrogens is 3. The molecule has 166 valence electrons. The van der Waals surface area contributed by atoms with Gasteiger partial charge in [-0.2, -0.15) is 0 Å². The van der Waals surface area contributed by atoms with Crippen LogP contribution >= 0.6 is 11.5 Å². The lowest BCUT2D eigenvalue weighted by molar-refractivity contribution is 0.623. The second-order valence-corrected chi connectivity index (χ2v) is 9.69. The number of benzene rings is 4. The van der Waals surface area contributed by atoms with Gasteiger partial charge in [0.1, 0.15) is 0 Å². The molecule has 3 nitrogen and oxygen atoms in total. The molecule has 0 amide bonds. The zero-order valence-corrected chi connectivity index (χ0v) is 19.9. The second-order valence-electron chi connectivity index (χ2n) is 8.91. The van der Waals surface area contributed by atoms with Gasteiger partial charge >= 0.3 is 0 Å². The zero-order valence-electron chi connectivity index (χ0n) is 19.1. The Labute approximate surface area is 203 Å². The van der Waals surface area contributed by atoms with Gasteiger partial charge < -0.3 is 0 Å². The summed E-state index contributed by atoms with van der Waals surface area (Å²) in [5, 5.41) is 12.2. The van der Waals surface area contributed by atoms with Crippen molar-refractivity contribution in [1.29, 1.82) is 0 Å². The van der Waals surface area contributed by atoms with Gasteiger partial charge in [0.15, 0.2) is 0 Å². The zero-order chi connectivity index (χ0) is 22.9. The minimum Gasteiger partial charge on any atom is -0.264 e. The number of aryl methyl sites for hydroxylation is 2. The van der Waals surface area contributed by atoms with E-state index < -0.39 is 0 Å². The molecule has 0 fully saturated rings. The van der Waals surface area contributed by atoms with E-state index in [-0.39, 0.29) is 0 Å². The number of rotatable bonds is 1. The minimum atomic E-state index is 0.463. The van der Waals surface area contributed by atoms with Crippen molar-refractivity contribution in [2.45, 2.75) is 32.1 Å². The molecule has 6 aromatic rings. The highest BCUT2D eigenvalue weighted by Crippen LogP contribution is 2.42. The molecule has 1 aliphatic rings. The molecule has 0 spiro atoms. The van der Waals surface area contributed by atoms with Crippen LogP contribution in [0.1, 0.15) is 40.5 Å². The summed E-state index contributed by atoms with van der Waals surface area (Å²) in [5.41, 5.74) is 4.11. The molecule has 2 aromatic heterocycles. The molecule has 0 bridgehead atoms. The van der Waals surface area contributed by atoms with Crippen molar-refractivity contribution in [3.8, 4) is 0 Å². The highest BCUT2D eigenvalue weighted by atomic mass is 32.1. The van der Waals surface area contributed by atoms with Crippen LogP contribution in [-0.4, -0.2) is 14.6 Å². The van der Waals surface area contributed by atoms with E-state index in [1.165, 1.54) is 67.6 Å². The lowest BCUT2D eigenvalue weighted by Crippen LogP contribution is -2.11. The molecule has 1 atom stereocenters. The first-order valence-corrected chi connectivity index (χ1v) is 12.6. The van der Waals surface area contributed by atoms with Crippen molar-refractivity contribution in [3.63, 3.8) is 0 Å². The fraction of sp³-hybridized carbons (Fsp3) is 0.167. The summed E-state index contributed by atoms with van der Waals surface area (Å²) in [7, 11) is 0. The Balaban J connectivity index is 0.000000182. The molecule has 4 heteroatoms. The van der Waals surface area contributed by atoms with Gasteiger partial charge in [-0.1, -0.05) is 77.3 Å². The van der Waals surface area contributed by atoms with E-state index in [0.29, 0.717) is 5.92 Å². The predicted molar refractivity (Wildman–Crippen MR) is 143 cm³/mol. The minimum absolute atomic E-state index is 0.463. The van der Waals surface area contributed by atoms with Gasteiger partial charge in [-0.05, 0) is 87.2 Å². The molecule has 0 aliphatic heterocycles. The van der Waals surface area contributed by atoms with E-state index in [9.17, 15) is 0 Å². The van der Waals surface area contributed by atoms with Crippen molar-refractivity contribution in [1.82, 2.24) is 14.6 Å². The van der Waals surface area contributed by atoms with E-state index >= 15 is 0 Å². The van der Waals surface area contributed by atoms with E-state index in [2.05, 4.69) is 82.2 Å². The Kier molecular flexibility index (Phi) is 5.52. The van der Waals surface area contributed by atoms with Crippen molar-refractivity contribution < 1.29 is 0 Å². The molecule has 1 aliphatic carbocycles. The average Bonchev–Trinajstić information content (AvgIpc) is 3.34. The standard InChI is InChI=1S/C21H18N2S.C9H7N/c1-13-21(24-23-22-13)20-8-4-7-16-18-10-9-14-5-2-3-6-15(14)17(18)11-12-19(16)20;1-2-4-9-7-10-6-5-8(9)3-1/h2-3,5-6,9-12,20H,4,7-8H2,1H3;1-7H. The molecule has 7 rings (SSSR count). The third-order valence-electron chi connectivity index (χ3n) is 6.92. The Hall–Kier alpha value is -3.63. The Morgan fingerprint density at radius 1 is 0.765 bits per heavy atom. The SMILES string of the molecule is Cc1nnsc1C1CCCc2c1ccc1c2ccc2ccccc21.c1ccc2cnccc2c1. The van der Waals surface area contributed by atoms with Gasteiger partial charge in [-0.15, -0.1) is 5.10 Å². The summed E-state index contributed by atoms with van der Waals surface area (Å²) < 4.78 is 4.16. The van der Waals surface area contributed by atoms with Crippen LogP contribution < -0.4 is 0 Å². The topological polar surface area (TPSA) is 38.7 Å². The van der Waals surface area contributed by atoms with Crippen LogP contribution in [0.5, 0.6) is 0 Å². The lowest BCUT2D eigenvalue weighted by atomic mass is 9.79. The van der Waals surface area contributed by atoms with Gasteiger partial charge in [-0.3, -0.25) is 4.98 Å². The van der Waals surface area contributed by atoms with Crippen molar-refractivity contribution >= 4 is 43.8 Å². The first-order chi connectivity index (χ1) is 16.8. The Bertz CT molecular complexity index is 1550. The number of hydrogen-bond acceptors (Lipinski definition) is 4. The molecule has 0 N–H and O–H groups in total.